The maximum atomic E-state index is 12.2. The first-order chi connectivity index (χ1) is 8.66. The van der Waals surface area contributed by atoms with Crippen molar-refractivity contribution in [2.24, 2.45) is 11.8 Å². The van der Waals surface area contributed by atoms with Crippen LogP contribution in [-0.2, 0) is 9.53 Å². The van der Waals surface area contributed by atoms with Gasteiger partial charge in [-0.2, -0.15) is 0 Å². The summed E-state index contributed by atoms with van der Waals surface area (Å²) in [7, 11) is 0. The number of piperidine rings is 1. The predicted molar refractivity (Wildman–Crippen MR) is 71.4 cm³/mol. The van der Waals surface area contributed by atoms with Crippen LogP contribution in [0.15, 0.2) is 0 Å². The molecule has 0 radical (unpaired) electrons. The van der Waals surface area contributed by atoms with E-state index < -0.39 is 0 Å². The highest BCUT2D eigenvalue weighted by molar-refractivity contribution is 5.77. The van der Waals surface area contributed by atoms with Crippen molar-refractivity contribution < 1.29 is 9.53 Å². The molecule has 0 saturated carbocycles. The number of amides is 1. The molecule has 2 aliphatic rings. The van der Waals surface area contributed by atoms with Crippen molar-refractivity contribution in [3.05, 3.63) is 0 Å². The van der Waals surface area contributed by atoms with Crippen LogP contribution < -0.4 is 5.32 Å². The third kappa shape index (κ3) is 3.69. The summed E-state index contributed by atoms with van der Waals surface area (Å²) in [5.41, 5.74) is 0. The van der Waals surface area contributed by atoms with Gasteiger partial charge in [-0.25, -0.2) is 0 Å². The molecule has 1 atom stereocenters. The van der Waals surface area contributed by atoms with Crippen LogP contribution in [0, 0.1) is 11.8 Å². The van der Waals surface area contributed by atoms with E-state index in [9.17, 15) is 4.79 Å². The van der Waals surface area contributed by atoms with E-state index in [4.69, 9.17) is 4.74 Å². The van der Waals surface area contributed by atoms with Crippen LogP contribution in [0.1, 0.15) is 33.1 Å². The molecule has 1 N–H and O–H groups in total. The molecule has 104 valence electrons. The number of likely N-dealkylation sites (tertiary alicyclic amines) is 1. The van der Waals surface area contributed by atoms with Crippen LogP contribution in [0.25, 0.3) is 0 Å². The average Bonchev–Trinajstić information content (AvgIpc) is 2.40. The number of hydrogen-bond acceptors (Lipinski definition) is 3. The molecular formula is C14H26N2O2. The molecule has 2 aliphatic heterocycles. The minimum absolute atomic E-state index is 0.217. The van der Waals surface area contributed by atoms with Gasteiger partial charge in [0.15, 0.2) is 0 Å². The van der Waals surface area contributed by atoms with Crippen molar-refractivity contribution >= 4 is 5.91 Å². The normalized spacial score (nSPS) is 26.6. The Morgan fingerprint density at radius 2 is 2.11 bits per heavy atom. The van der Waals surface area contributed by atoms with Gasteiger partial charge in [-0.3, -0.25) is 4.79 Å². The summed E-state index contributed by atoms with van der Waals surface area (Å²) in [4.78, 5) is 14.2. The fourth-order valence-corrected chi connectivity index (χ4v) is 2.91. The van der Waals surface area contributed by atoms with Crippen LogP contribution in [0.2, 0.25) is 0 Å². The lowest BCUT2D eigenvalue weighted by molar-refractivity contribution is -0.134. The topological polar surface area (TPSA) is 41.6 Å². The molecule has 0 aromatic rings. The van der Waals surface area contributed by atoms with Crippen LogP contribution in [0.3, 0.4) is 0 Å². The SMILES string of the molecule is CC(C)C1CCN(C(=O)CC2COCCN2)CC1. The second kappa shape index (κ2) is 6.53. The van der Waals surface area contributed by atoms with Crippen LogP contribution in [0.4, 0.5) is 0 Å². The lowest BCUT2D eigenvalue weighted by Crippen LogP contribution is -2.46. The molecule has 4 nitrogen and oxygen atoms in total. The Morgan fingerprint density at radius 3 is 2.67 bits per heavy atom. The third-order valence-corrected chi connectivity index (χ3v) is 4.25. The number of ether oxygens (including phenoxy) is 1. The molecule has 18 heavy (non-hydrogen) atoms. The molecule has 0 bridgehead atoms. The molecule has 2 heterocycles. The number of hydrogen-bond donors (Lipinski definition) is 1. The number of rotatable bonds is 3. The van der Waals surface area contributed by atoms with Gasteiger partial charge in [0.1, 0.15) is 0 Å². The van der Waals surface area contributed by atoms with Crippen LogP contribution >= 0.6 is 0 Å². The minimum Gasteiger partial charge on any atom is -0.378 e. The number of nitrogens with zero attached hydrogens (tertiary/aromatic N) is 1. The molecule has 0 aromatic heterocycles. The molecule has 2 fully saturated rings. The van der Waals surface area contributed by atoms with Crippen LogP contribution in [0.5, 0.6) is 0 Å². The molecule has 1 unspecified atom stereocenters. The number of carbonyl (C=O) groups excluding carboxylic acids is 1. The van der Waals surface area contributed by atoms with E-state index in [1.165, 1.54) is 0 Å². The van der Waals surface area contributed by atoms with E-state index in [0.29, 0.717) is 18.9 Å². The lowest BCUT2D eigenvalue weighted by Gasteiger charge is -2.35. The Hall–Kier alpha value is -0.610. The van der Waals surface area contributed by atoms with Crippen molar-refractivity contribution in [1.29, 1.82) is 0 Å². The van der Waals surface area contributed by atoms with E-state index in [2.05, 4.69) is 19.2 Å². The van der Waals surface area contributed by atoms with E-state index >= 15 is 0 Å². The van der Waals surface area contributed by atoms with Crippen molar-refractivity contribution in [3.8, 4) is 0 Å². The maximum Gasteiger partial charge on any atom is 0.224 e. The van der Waals surface area contributed by atoms with Crippen molar-refractivity contribution in [3.63, 3.8) is 0 Å². The first kappa shape index (κ1) is 13.8. The molecule has 4 heteroatoms. The van der Waals surface area contributed by atoms with Crippen molar-refractivity contribution in [1.82, 2.24) is 10.2 Å². The van der Waals surface area contributed by atoms with Gasteiger partial charge < -0.3 is 15.0 Å². The van der Waals surface area contributed by atoms with Gasteiger partial charge in [-0.15, -0.1) is 0 Å². The molecule has 1 amide bonds. The van der Waals surface area contributed by atoms with Gasteiger partial charge >= 0.3 is 0 Å². The van der Waals surface area contributed by atoms with E-state index in [0.717, 1.165) is 50.9 Å². The molecule has 0 aromatic carbocycles. The highest BCUT2D eigenvalue weighted by Crippen LogP contribution is 2.24. The zero-order valence-electron chi connectivity index (χ0n) is 11.7. The summed E-state index contributed by atoms with van der Waals surface area (Å²) >= 11 is 0. The van der Waals surface area contributed by atoms with Crippen LogP contribution in [-0.4, -0.2) is 49.7 Å². The summed E-state index contributed by atoms with van der Waals surface area (Å²) in [6.07, 6.45) is 2.92. The second-order valence-corrected chi connectivity index (χ2v) is 5.89. The quantitative estimate of drug-likeness (QED) is 0.824. The molecule has 2 rings (SSSR count). The summed E-state index contributed by atoms with van der Waals surface area (Å²) in [6, 6.07) is 0.217. The van der Waals surface area contributed by atoms with Crippen molar-refractivity contribution in [2.75, 3.05) is 32.8 Å². The Bertz CT molecular complexity index is 267. The average molecular weight is 254 g/mol. The third-order valence-electron chi connectivity index (χ3n) is 4.25. The van der Waals surface area contributed by atoms with E-state index in [-0.39, 0.29) is 6.04 Å². The first-order valence-corrected chi connectivity index (χ1v) is 7.25. The number of carbonyl (C=O) groups is 1. The zero-order valence-corrected chi connectivity index (χ0v) is 11.7. The van der Waals surface area contributed by atoms with Crippen molar-refractivity contribution in [2.45, 2.75) is 39.2 Å². The molecule has 0 aliphatic carbocycles. The molecular weight excluding hydrogens is 228 g/mol. The fraction of sp³-hybridized carbons (Fsp3) is 0.929. The second-order valence-electron chi connectivity index (χ2n) is 5.89. The minimum atomic E-state index is 0.217. The Kier molecular flexibility index (Phi) is 5.01. The Morgan fingerprint density at radius 1 is 1.39 bits per heavy atom. The van der Waals surface area contributed by atoms with Gasteiger partial charge in [0.2, 0.25) is 5.91 Å². The van der Waals surface area contributed by atoms with Gasteiger partial charge in [-0.05, 0) is 24.7 Å². The first-order valence-electron chi connectivity index (χ1n) is 7.25. The predicted octanol–water partition coefficient (Wildman–Crippen LogP) is 1.26. The van der Waals surface area contributed by atoms with Gasteiger partial charge in [-0.1, -0.05) is 13.8 Å². The number of morpholine rings is 1. The summed E-state index contributed by atoms with van der Waals surface area (Å²) in [5, 5.41) is 3.34. The number of nitrogens with one attached hydrogen (secondary N) is 1. The Labute approximate surface area is 110 Å². The standard InChI is InChI=1S/C14H26N2O2/c1-11(2)12-3-6-16(7-4-12)14(17)9-13-10-18-8-5-15-13/h11-13,15H,3-10H2,1-2H3. The lowest BCUT2D eigenvalue weighted by atomic mass is 9.86. The van der Waals surface area contributed by atoms with E-state index in [1.807, 2.05) is 4.90 Å². The smallest absolute Gasteiger partial charge is 0.224 e. The maximum absolute atomic E-state index is 12.2. The monoisotopic (exact) mass is 254 g/mol. The largest absolute Gasteiger partial charge is 0.378 e. The van der Waals surface area contributed by atoms with Gasteiger partial charge in [0.05, 0.1) is 13.2 Å². The van der Waals surface area contributed by atoms with E-state index in [1.54, 1.807) is 0 Å². The molecule has 2 saturated heterocycles. The highest BCUT2D eigenvalue weighted by atomic mass is 16.5. The fourth-order valence-electron chi connectivity index (χ4n) is 2.91. The molecule has 0 spiro atoms. The van der Waals surface area contributed by atoms with Gasteiger partial charge in [0.25, 0.3) is 0 Å². The summed E-state index contributed by atoms with van der Waals surface area (Å²) in [6.45, 7) is 8.76. The highest BCUT2D eigenvalue weighted by Gasteiger charge is 2.26. The summed E-state index contributed by atoms with van der Waals surface area (Å²) < 4.78 is 5.39. The summed E-state index contributed by atoms with van der Waals surface area (Å²) in [5.74, 6) is 1.83. The Balaban J connectivity index is 1.73. The zero-order chi connectivity index (χ0) is 13.0. The van der Waals surface area contributed by atoms with Gasteiger partial charge in [0, 0.05) is 32.1 Å².